The number of benzene rings is 2. The summed E-state index contributed by atoms with van der Waals surface area (Å²) in [5, 5.41) is 13.7. The Balaban J connectivity index is 2.05. The minimum Gasteiger partial charge on any atom is -0.457 e. The summed E-state index contributed by atoms with van der Waals surface area (Å²) in [5.41, 5.74) is 0.558. The van der Waals surface area contributed by atoms with Crippen molar-refractivity contribution in [2.45, 2.75) is 17.9 Å². The van der Waals surface area contributed by atoms with E-state index in [2.05, 4.69) is 10.0 Å². The minimum atomic E-state index is -4.12. The first-order valence-corrected chi connectivity index (χ1v) is 9.43. The van der Waals surface area contributed by atoms with Crippen molar-refractivity contribution >= 4 is 27.4 Å². The van der Waals surface area contributed by atoms with Crippen LogP contribution in [0.25, 0.3) is 0 Å². The van der Waals surface area contributed by atoms with E-state index in [1.807, 2.05) is 6.07 Å². The Morgan fingerprint density at radius 1 is 1.22 bits per heavy atom. The highest BCUT2D eigenvalue weighted by atomic mass is 32.2. The standard InChI is InChI=1S/C17H19N3O6S/c1-12(13-6-4-3-5-7-13)26-17(21)11-19-27(24,25)14-8-9-15(18-2)16(10-14)20(22)23/h3-10,12,18-19H,11H2,1-2H3/t12-/m1/s1. The fraction of sp³-hybridized carbons (Fsp3) is 0.235. The fourth-order valence-corrected chi connectivity index (χ4v) is 3.30. The van der Waals surface area contributed by atoms with Gasteiger partial charge in [-0.15, -0.1) is 0 Å². The molecule has 27 heavy (non-hydrogen) atoms. The SMILES string of the molecule is CNc1ccc(S(=O)(=O)NCC(=O)O[C@H](C)c2ccccc2)cc1[N+](=O)[O-]. The molecule has 0 bridgehead atoms. The molecule has 0 aliphatic heterocycles. The van der Waals surface area contributed by atoms with Gasteiger partial charge in [-0.05, 0) is 24.6 Å². The Morgan fingerprint density at radius 3 is 2.48 bits per heavy atom. The van der Waals surface area contributed by atoms with Gasteiger partial charge >= 0.3 is 5.97 Å². The van der Waals surface area contributed by atoms with Gasteiger partial charge in [-0.1, -0.05) is 30.3 Å². The van der Waals surface area contributed by atoms with E-state index in [-0.39, 0.29) is 16.3 Å². The first-order valence-electron chi connectivity index (χ1n) is 7.95. The number of carbonyl (C=O) groups is 1. The fourth-order valence-electron chi connectivity index (χ4n) is 2.31. The number of hydrogen-bond acceptors (Lipinski definition) is 7. The summed E-state index contributed by atoms with van der Waals surface area (Å²) >= 11 is 0. The Kier molecular flexibility index (Phi) is 6.48. The third-order valence-corrected chi connectivity index (χ3v) is 5.13. The number of rotatable bonds is 8. The van der Waals surface area contributed by atoms with Crippen molar-refractivity contribution in [2.75, 3.05) is 18.9 Å². The highest BCUT2D eigenvalue weighted by Crippen LogP contribution is 2.27. The number of ether oxygens (including phenoxy) is 1. The van der Waals surface area contributed by atoms with Gasteiger partial charge in [-0.3, -0.25) is 14.9 Å². The number of sulfonamides is 1. The van der Waals surface area contributed by atoms with E-state index in [1.54, 1.807) is 31.2 Å². The van der Waals surface area contributed by atoms with Crippen LogP contribution in [-0.4, -0.2) is 32.9 Å². The number of nitro benzene ring substituents is 1. The third kappa shape index (κ3) is 5.25. The summed E-state index contributed by atoms with van der Waals surface area (Å²) in [6.07, 6.45) is -0.542. The third-order valence-electron chi connectivity index (χ3n) is 3.73. The second-order valence-electron chi connectivity index (χ2n) is 5.55. The number of carbonyl (C=O) groups excluding carboxylic acids is 1. The summed E-state index contributed by atoms with van der Waals surface area (Å²) in [6.45, 7) is 1.07. The van der Waals surface area contributed by atoms with Crippen LogP contribution in [0, 0.1) is 10.1 Å². The first kappa shape index (κ1) is 20.3. The van der Waals surface area contributed by atoms with Gasteiger partial charge in [0.25, 0.3) is 5.69 Å². The highest BCUT2D eigenvalue weighted by Gasteiger charge is 2.22. The van der Waals surface area contributed by atoms with Gasteiger partial charge in [-0.2, -0.15) is 4.72 Å². The smallest absolute Gasteiger partial charge is 0.321 e. The number of nitro groups is 1. The van der Waals surface area contributed by atoms with Crippen molar-refractivity contribution in [1.82, 2.24) is 4.72 Å². The van der Waals surface area contributed by atoms with Crippen molar-refractivity contribution in [3.63, 3.8) is 0 Å². The van der Waals surface area contributed by atoms with Crippen LogP contribution in [0.4, 0.5) is 11.4 Å². The molecule has 9 nitrogen and oxygen atoms in total. The second-order valence-corrected chi connectivity index (χ2v) is 7.32. The molecule has 2 aromatic rings. The van der Waals surface area contributed by atoms with Gasteiger partial charge in [0.15, 0.2) is 0 Å². The molecule has 2 rings (SSSR count). The molecular weight excluding hydrogens is 374 g/mol. The predicted octanol–water partition coefficient (Wildman–Crippen LogP) is 2.22. The highest BCUT2D eigenvalue weighted by molar-refractivity contribution is 7.89. The zero-order valence-corrected chi connectivity index (χ0v) is 15.5. The largest absolute Gasteiger partial charge is 0.457 e. The van der Waals surface area contributed by atoms with Gasteiger partial charge in [-0.25, -0.2) is 8.42 Å². The van der Waals surface area contributed by atoms with Crippen molar-refractivity contribution < 1.29 is 22.9 Å². The summed E-state index contributed by atoms with van der Waals surface area (Å²) in [4.78, 5) is 22.0. The zero-order valence-electron chi connectivity index (χ0n) is 14.7. The Morgan fingerprint density at radius 2 is 1.89 bits per heavy atom. The van der Waals surface area contributed by atoms with Gasteiger partial charge < -0.3 is 10.1 Å². The molecule has 2 N–H and O–H groups in total. The maximum absolute atomic E-state index is 12.3. The van der Waals surface area contributed by atoms with E-state index in [1.165, 1.54) is 19.2 Å². The predicted molar refractivity (Wildman–Crippen MR) is 98.8 cm³/mol. The number of nitrogens with one attached hydrogen (secondary N) is 2. The molecule has 0 spiro atoms. The van der Waals surface area contributed by atoms with Crippen molar-refractivity contribution in [1.29, 1.82) is 0 Å². The van der Waals surface area contributed by atoms with E-state index in [0.29, 0.717) is 0 Å². The molecule has 0 heterocycles. The number of esters is 1. The van der Waals surface area contributed by atoms with Crippen molar-refractivity contribution in [2.24, 2.45) is 0 Å². The molecule has 0 aliphatic rings. The molecule has 144 valence electrons. The lowest BCUT2D eigenvalue weighted by molar-refractivity contribution is -0.384. The van der Waals surface area contributed by atoms with Crippen LogP contribution >= 0.6 is 0 Å². The summed E-state index contributed by atoms with van der Waals surface area (Å²) in [6, 6.07) is 12.4. The maximum atomic E-state index is 12.3. The maximum Gasteiger partial charge on any atom is 0.321 e. The lowest BCUT2D eigenvalue weighted by Crippen LogP contribution is -2.31. The quantitative estimate of drug-likeness (QED) is 0.400. The van der Waals surface area contributed by atoms with Crippen molar-refractivity contribution in [3.8, 4) is 0 Å². The van der Waals surface area contributed by atoms with Crippen LogP contribution < -0.4 is 10.0 Å². The molecule has 0 radical (unpaired) electrons. The van der Waals surface area contributed by atoms with Crippen molar-refractivity contribution in [3.05, 3.63) is 64.2 Å². The number of nitrogens with zero attached hydrogens (tertiary/aromatic N) is 1. The Bertz CT molecular complexity index is 931. The summed E-state index contributed by atoms with van der Waals surface area (Å²) < 4.78 is 31.9. The Hall–Kier alpha value is -2.98. The van der Waals surface area contributed by atoms with Crippen LogP contribution in [0.5, 0.6) is 0 Å². The molecular formula is C17H19N3O6S. The van der Waals surface area contributed by atoms with Crippen LogP contribution in [0.1, 0.15) is 18.6 Å². The molecule has 0 aliphatic carbocycles. The van der Waals surface area contributed by atoms with Gasteiger partial charge in [0.2, 0.25) is 10.0 Å². The van der Waals surface area contributed by atoms with Gasteiger partial charge in [0, 0.05) is 13.1 Å². The normalized spacial score (nSPS) is 12.2. The first-order chi connectivity index (χ1) is 12.7. The molecule has 0 saturated carbocycles. The monoisotopic (exact) mass is 393 g/mol. The second kappa shape index (κ2) is 8.60. The summed E-state index contributed by atoms with van der Waals surface area (Å²) in [5.74, 6) is -0.767. The van der Waals surface area contributed by atoms with E-state index >= 15 is 0 Å². The average Bonchev–Trinajstić information content (AvgIpc) is 2.66. The molecule has 2 aromatic carbocycles. The van der Waals surface area contributed by atoms with E-state index in [0.717, 1.165) is 11.6 Å². The molecule has 0 unspecified atom stereocenters. The lowest BCUT2D eigenvalue weighted by atomic mass is 10.1. The van der Waals surface area contributed by atoms with Gasteiger partial charge in [0.1, 0.15) is 18.3 Å². The Labute approximate surface area is 156 Å². The zero-order chi connectivity index (χ0) is 20.0. The van der Waals surface area contributed by atoms with Crippen LogP contribution in [0.3, 0.4) is 0 Å². The number of anilines is 1. The lowest BCUT2D eigenvalue weighted by Gasteiger charge is -2.14. The van der Waals surface area contributed by atoms with Gasteiger partial charge in [0.05, 0.1) is 9.82 Å². The van der Waals surface area contributed by atoms with Crippen LogP contribution in [-0.2, 0) is 19.6 Å². The van der Waals surface area contributed by atoms with Crippen LogP contribution in [0.15, 0.2) is 53.4 Å². The molecule has 10 heteroatoms. The topological polar surface area (TPSA) is 128 Å². The molecule has 0 saturated heterocycles. The molecule has 0 amide bonds. The minimum absolute atomic E-state index is 0.176. The molecule has 0 fully saturated rings. The van der Waals surface area contributed by atoms with E-state index in [9.17, 15) is 23.3 Å². The summed E-state index contributed by atoms with van der Waals surface area (Å²) in [7, 11) is -2.64. The molecule has 0 aromatic heterocycles. The van der Waals surface area contributed by atoms with E-state index < -0.39 is 33.6 Å². The average molecular weight is 393 g/mol. The van der Waals surface area contributed by atoms with E-state index in [4.69, 9.17) is 4.74 Å². The van der Waals surface area contributed by atoms with Crippen LogP contribution in [0.2, 0.25) is 0 Å². The number of hydrogen-bond donors (Lipinski definition) is 2. The molecule has 1 atom stereocenters.